The van der Waals surface area contributed by atoms with Crippen LogP contribution in [0.15, 0.2) is 36.5 Å². The molecule has 0 bridgehead atoms. The lowest BCUT2D eigenvalue weighted by molar-refractivity contribution is 0.131. The second-order valence-electron chi connectivity index (χ2n) is 9.73. The first-order chi connectivity index (χ1) is 14.8. The summed E-state index contributed by atoms with van der Waals surface area (Å²) in [6.07, 6.45) is 12.6. The fourth-order valence-electron chi connectivity index (χ4n) is 5.62. The van der Waals surface area contributed by atoms with Gasteiger partial charge in [0.05, 0.1) is 5.69 Å². The van der Waals surface area contributed by atoms with Crippen molar-refractivity contribution in [3.8, 4) is 0 Å². The van der Waals surface area contributed by atoms with Crippen molar-refractivity contribution in [3.05, 3.63) is 59.2 Å². The maximum absolute atomic E-state index is 5.08. The SMILES string of the molecule is c1ccc(CN2CCC(CN3CCc4cnc(C5CCCCC5)nc4C3)CC2)cc1. The van der Waals surface area contributed by atoms with Crippen molar-refractivity contribution >= 4 is 0 Å². The zero-order valence-corrected chi connectivity index (χ0v) is 18.3. The van der Waals surface area contributed by atoms with Gasteiger partial charge in [0, 0.05) is 38.3 Å². The average Bonchev–Trinajstić information content (AvgIpc) is 2.81. The Bertz CT molecular complexity index is 807. The van der Waals surface area contributed by atoms with E-state index in [1.807, 2.05) is 0 Å². The van der Waals surface area contributed by atoms with Crippen LogP contribution in [0.3, 0.4) is 0 Å². The van der Waals surface area contributed by atoms with E-state index in [2.05, 4.69) is 46.3 Å². The molecule has 1 aromatic carbocycles. The molecule has 1 saturated carbocycles. The molecule has 1 saturated heterocycles. The van der Waals surface area contributed by atoms with E-state index in [0.717, 1.165) is 31.3 Å². The van der Waals surface area contributed by atoms with Crippen LogP contribution in [0.5, 0.6) is 0 Å². The Morgan fingerprint density at radius 1 is 0.867 bits per heavy atom. The molecule has 0 atom stereocenters. The third kappa shape index (κ3) is 4.92. The van der Waals surface area contributed by atoms with Gasteiger partial charge in [-0.2, -0.15) is 0 Å². The van der Waals surface area contributed by atoms with E-state index in [4.69, 9.17) is 9.97 Å². The number of nitrogens with zero attached hydrogens (tertiary/aromatic N) is 4. The van der Waals surface area contributed by atoms with Gasteiger partial charge in [-0.1, -0.05) is 49.6 Å². The van der Waals surface area contributed by atoms with Gasteiger partial charge >= 0.3 is 0 Å². The molecule has 0 spiro atoms. The Morgan fingerprint density at radius 3 is 2.47 bits per heavy atom. The largest absolute Gasteiger partial charge is 0.299 e. The number of aromatic nitrogens is 2. The maximum Gasteiger partial charge on any atom is 0.131 e. The van der Waals surface area contributed by atoms with Crippen LogP contribution in [0.25, 0.3) is 0 Å². The number of likely N-dealkylation sites (tertiary alicyclic amines) is 1. The fraction of sp³-hybridized carbons (Fsp3) is 0.615. The Morgan fingerprint density at radius 2 is 1.67 bits per heavy atom. The highest BCUT2D eigenvalue weighted by Gasteiger charge is 2.26. The molecule has 0 unspecified atom stereocenters. The second-order valence-corrected chi connectivity index (χ2v) is 9.73. The minimum atomic E-state index is 0.605. The third-order valence-corrected chi connectivity index (χ3v) is 7.49. The first-order valence-corrected chi connectivity index (χ1v) is 12.2. The highest BCUT2D eigenvalue weighted by atomic mass is 15.2. The highest BCUT2D eigenvalue weighted by Crippen LogP contribution is 2.31. The second kappa shape index (κ2) is 9.57. The number of hydrogen-bond acceptors (Lipinski definition) is 4. The van der Waals surface area contributed by atoms with E-state index in [1.165, 1.54) is 87.9 Å². The van der Waals surface area contributed by atoms with E-state index in [1.54, 1.807) is 0 Å². The van der Waals surface area contributed by atoms with Crippen LogP contribution in [0, 0.1) is 5.92 Å². The van der Waals surface area contributed by atoms with E-state index < -0.39 is 0 Å². The van der Waals surface area contributed by atoms with Crippen molar-refractivity contribution < 1.29 is 0 Å². The minimum absolute atomic E-state index is 0.605. The van der Waals surface area contributed by atoms with Crippen LogP contribution in [-0.4, -0.2) is 45.9 Å². The smallest absolute Gasteiger partial charge is 0.131 e. The molecule has 160 valence electrons. The molecule has 0 amide bonds. The number of hydrogen-bond donors (Lipinski definition) is 0. The molecule has 3 heterocycles. The van der Waals surface area contributed by atoms with E-state index in [-0.39, 0.29) is 0 Å². The number of rotatable bonds is 5. The maximum atomic E-state index is 5.08. The van der Waals surface area contributed by atoms with Gasteiger partial charge in [-0.25, -0.2) is 9.97 Å². The summed E-state index contributed by atoms with van der Waals surface area (Å²) in [5.74, 6) is 2.57. The third-order valence-electron chi connectivity index (χ3n) is 7.49. The van der Waals surface area contributed by atoms with Gasteiger partial charge in [0.2, 0.25) is 0 Å². The molecule has 0 N–H and O–H groups in total. The molecule has 5 rings (SSSR count). The van der Waals surface area contributed by atoms with Crippen molar-refractivity contribution in [3.63, 3.8) is 0 Å². The first kappa shape index (κ1) is 20.1. The zero-order chi connectivity index (χ0) is 20.2. The van der Waals surface area contributed by atoms with Crippen LogP contribution in [0.2, 0.25) is 0 Å². The molecule has 2 aromatic rings. The van der Waals surface area contributed by atoms with Gasteiger partial charge in [0.1, 0.15) is 5.82 Å². The van der Waals surface area contributed by atoms with E-state index in [0.29, 0.717) is 5.92 Å². The molecule has 1 aliphatic carbocycles. The quantitative estimate of drug-likeness (QED) is 0.717. The van der Waals surface area contributed by atoms with Crippen LogP contribution < -0.4 is 0 Å². The van der Waals surface area contributed by atoms with Crippen molar-refractivity contribution in [1.29, 1.82) is 0 Å². The molecule has 2 fully saturated rings. The lowest BCUT2D eigenvalue weighted by atomic mass is 9.88. The predicted octanol–water partition coefficient (Wildman–Crippen LogP) is 4.79. The van der Waals surface area contributed by atoms with Gasteiger partial charge < -0.3 is 0 Å². The number of piperidine rings is 1. The summed E-state index contributed by atoms with van der Waals surface area (Å²) in [7, 11) is 0. The zero-order valence-electron chi connectivity index (χ0n) is 18.3. The Hall–Kier alpha value is -1.78. The molecule has 30 heavy (non-hydrogen) atoms. The van der Waals surface area contributed by atoms with Crippen LogP contribution >= 0.6 is 0 Å². The number of fused-ring (bicyclic) bond motifs is 1. The molecule has 4 nitrogen and oxygen atoms in total. The molecular weight excluding hydrogens is 368 g/mol. The summed E-state index contributed by atoms with van der Waals surface area (Å²) in [6, 6.07) is 10.9. The van der Waals surface area contributed by atoms with E-state index in [9.17, 15) is 0 Å². The monoisotopic (exact) mass is 404 g/mol. The molecular formula is C26H36N4. The van der Waals surface area contributed by atoms with Gasteiger partial charge in [-0.15, -0.1) is 0 Å². The molecule has 1 aromatic heterocycles. The summed E-state index contributed by atoms with van der Waals surface area (Å²) in [5, 5.41) is 0. The summed E-state index contributed by atoms with van der Waals surface area (Å²) in [4.78, 5) is 15.1. The van der Waals surface area contributed by atoms with Crippen molar-refractivity contribution in [2.75, 3.05) is 26.2 Å². The highest BCUT2D eigenvalue weighted by molar-refractivity contribution is 5.22. The molecule has 4 heteroatoms. The normalized spacial score (nSPS) is 22.1. The van der Waals surface area contributed by atoms with Crippen LogP contribution in [0.1, 0.15) is 73.5 Å². The lowest BCUT2D eigenvalue weighted by Gasteiger charge is -2.36. The Kier molecular flexibility index (Phi) is 6.43. The predicted molar refractivity (Wildman–Crippen MR) is 121 cm³/mol. The van der Waals surface area contributed by atoms with Crippen molar-refractivity contribution in [1.82, 2.24) is 19.8 Å². The van der Waals surface area contributed by atoms with Crippen LogP contribution in [0.4, 0.5) is 0 Å². The standard InChI is InChI=1S/C26H36N4/c1-3-7-21(8-4-1)18-29-14-11-22(12-15-29)19-30-16-13-24-17-27-26(28-25(24)20-30)23-9-5-2-6-10-23/h1,3-4,7-8,17,22-23H,2,5-6,9-16,18-20H2. The van der Waals surface area contributed by atoms with Gasteiger partial charge in [-0.05, 0) is 62.2 Å². The summed E-state index contributed by atoms with van der Waals surface area (Å²) < 4.78 is 0. The van der Waals surface area contributed by atoms with Gasteiger partial charge in [0.15, 0.2) is 0 Å². The molecule has 2 aliphatic heterocycles. The van der Waals surface area contributed by atoms with E-state index >= 15 is 0 Å². The Balaban J connectivity index is 1.13. The average molecular weight is 405 g/mol. The van der Waals surface area contributed by atoms with Gasteiger partial charge in [-0.3, -0.25) is 9.80 Å². The summed E-state index contributed by atoms with van der Waals surface area (Å²) >= 11 is 0. The number of benzene rings is 1. The summed E-state index contributed by atoms with van der Waals surface area (Å²) in [6.45, 7) is 7.01. The van der Waals surface area contributed by atoms with Crippen molar-refractivity contribution in [2.45, 2.75) is 70.4 Å². The molecule has 0 radical (unpaired) electrons. The minimum Gasteiger partial charge on any atom is -0.299 e. The lowest BCUT2D eigenvalue weighted by Crippen LogP contribution is -2.40. The summed E-state index contributed by atoms with van der Waals surface area (Å²) in [5.41, 5.74) is 4.15. The topological polar surface area (TPSA) is 32.3 Å². The fourth-order valence-corrected chi connectivity index (χ4v) is 5.62. The van der Waals surface area contributed by atoms with Crippen molar-refractivity contribution in [2.24, 2.45) is 5.92 Å². The first-order valence-electron chi connectivity index (χ1n) is 12.2. The Labute approximate surface area is 181 Å². The van der Waals surface area contributed by atoms with Crippen LogP contribution in [-0.2, 0) is 19.5 Å². The molecule has 3 aliphatic rings. The van der Waals surface area contributed by atoms with Gasteiger partial charge in [0.25, 0.3) is 0 Å².